The van der Waals surface area contributed by atoms with E-state index in [2.05, 4.69) is 5.32 Å². The van der Waals surface area contributed by atoms with Gasteiger partial charge in [0.05, 0.1) is 24.0 Å². The highest BCUT2D eigenvalue weighted by Gasteiger charge is 2.71. The van der Waals surface area contributed by atoms with Crippen molar-refractivity contribution in [2.75, 3.05) is 28.4 Å². The zero-order chi connectivity index (χ0) is 25.4. The molecule has 190 valence electrons. The van der Waals surface area contributed by atoms with Crippen LogP contribution in [0, 0.1) is 11.8 Å². The first-order valence-electron chi connectivity index (χ1n) is 9.53. The van der Waals surface area contributed by atoms with Crippen LogP contribution in [0.1, 0.15) is 13.8 Å². The number of carbonyl (C=O) groups excluding carboxylic acids is 2. The van der Waals surface area contributed by atoms with Crippen molar-refractivity contribution >= 4 is 17.8 Å². The Bertz CT molecular complexity index is 715. The maximum Gasteiger partial charge on any atom is 0.490 e. The van der Waals surface area contributed by atoms with Crippen LogP contribution in [0.2, 0.25) is 0 Å². The number of hydrogen-bond acceptors (Lipinski definition) is 10. The summed E-state index contributed by atoms with van der Waals surface area (Å²) in [6.45, 7) is 3.36. The minimum atomic E-state index is -5.08. The van der Waals surface area contributed by atoms with Gasteiger partial charge in [-0.3, -0.25) is 14.9 Å². The van der Waals surface area contributed by atoms with Crippen molar-refractivity contribution < 1.29 is 65.8 Å². The Morgan fingerprint density at radius 2 is 1.30 bits per heavy atom. The number of nitrogens with one attached hydrogen (secondary N) is 1. The van der Waals surface area contributed by atoms with Crippen molar-refractivity contribution in [2.45, 2.75) is 56.4 Å². The molecule has 4 fully saturated rings. The van der Waals surface area contributed by atoms with E-state index in [1.807, 2.05) is 0 Å². The average Bonchev–Trinajstić information content (AvgIpc) is 3.47. The topological polar surface area (TPSA) is 148 Å². The molecule has 5 unspecified atom stereocenters. The molecule has 15 heteroatoms. The third-order valence-electron chi connectivity index (χ3n) is 5.66. The molecule has 33 heavy (non-hydrogen) atoms. The fraction of sp³-hybridized carbons (Fsp3) is 0.833. The molecule has 0 aromatic rings. The van der Waals surface area contributed by atoms with Crippen molar-refractivity contribution in [1.82, 2.24) is 5.32 Å². The van der Waals surface area contributed by atoms with E-state index in [1.165, 1.54) is 28.4 Å². The van der Waals surface area contributed by atoms with Crippen molar-refractivity contribution in [3.8, 4) is 0 Å². The molecule has 4 aliphatic rings. The minimum Gasteiger partial charge on any atom is -0.475 e. The van der Waals surface area contributed by atoms with Crippen LogP contribution in [0.4, 0.5) is 13.2 Å². The highest BCUT2D eigenvalue weighted by atomic mass is 19.4. The molecule has 2 N–H and O–H groups in total. The van der Waals surface area contributed by atoms with Gasteiger partial charge in [-0.05, 0) is 0 Å². The van der Waals surface area contributed by atoms with Crippen molar-refractivity contribution in [3.63, 3.8) is 0 Å². The lowest BCUT2D eigenvalue weighted by Gasteiger charge is -2.24. The van der Waals surface area contributed by atoms with Gasteiger partial charge >= 0.3 is 12.1 Å². The molecule has 4 aliphatic heterocycles. The second kappa shape index (κ2) is 9.77. The van der Waals surface area contributed by atoms with Gasteiger partial charge in [0.25, 0.3) is 11.9 Å². The number of ether oxygens (including phenoxy) is 7. The fourth-order valence-electron chi connectivity index (χ4n) is 3.75. The van der Waals surface area contributed by atoms with Crippen LogP contribution in [-0.2, 0) is 47.5 Å². The third kappa shape index (κ3) is 5.45. The molecular formula is C18H26F3NO11. The monoisotopic (exact) mass is 489 g/mol. The van der Waals surface area contributed by atoms with E-state index >= 15 is 0 Å². The van der Waals surface area contributed by atoms with Crippen molar-refractivity contribution in [2.24, 2.45) is 11.8 Å². The summed E-state index contributed by atoms with van der Waals surface area (Å²) in [5.74, 6) is -6.20. The molecule has 4 heterocycles. The zero-order valence-corrected chi connectivity index (χ0v) is 18.6. The number of aliphatic carboxylic acids is 1. The standard InChI is InChI=1S/C11H13NO6.C5H12O3.C2HF3O2/c1-11(15-2)17-7-5-3-4(10(14)12-9(3)13)6(16-5)8(7)18-11;1-5(6-2,7-3)8-4;3-2(4,5)1(6)7/h3-8H,1-2H3,(H,12,13,14);1-4H3;(H,6,7)/t3?,4?,5-,6?,7+,8?,11?;;/m0../s1. The molecule has 7 atom stereocenters. The quantitative estimate of drug-likeness (QED) is 0.406. The number of carbonyl (C=O) groups is 3. The maximum absolute atomic E-state index is 11.7. The molecule has 4 saturated heterocycles. The van der Waals surface area contributed by atoms with Gasteiger partial charge in [0.15, 0.2) is 0 Å². The van der Waals surface area contributed by atoms with E-state index in [0.717, 1.165) is 0 Å². The van der Waals surface area contributed by atoms with Crippen LogP contribution in [-0.4, -0.2) is 93.9 Å². The van der Waals surface area contributed by atoms with Gasteiger partial charge in [0.2, 0.25) is 11.8 Å². The summed E-state index contributed by atoms with van der Waals surface area (Å²) in [4.78, 5) is 32.4. The summed E-state index contributed by atoms with van der Waals surface area (Å²) in [5, 5.41) is 9.47. The van der Waals surface area contributed by atoms with Crippen LogP contribution in [0.15, 0.2) is 0 Å². The molecule has 0 aromatic carbocycles. The Labute approximate surface area is 186 Å². The molecule has 0 radical (unpaired) electrons. The summed E-state index contributed by atoms with van der Waals surface area (Å²) < 4.78 is 68.3. The number of halogens is 3. The van der Waals surface area contributed by atoms with Crippen LogP contribution in [0.25, 0.3) is 0 Å². The second-order valence-corrected chi connectivity index (χ2v) is 7.48. The summed E-state index contributed by atoms with van der Waals surface area (Å²) in [7, 11) is 6.05. The lowest BCUT2D eigenvalue weighted by atomic mass is 9.78. The van der Waals surface area contributed by atoms with Gasteiger partial charge in [-0.15, -0.1) is 0 Å². The number of alkyl halides is 3. The Morgan fingerprint density at radius 3 is 1.55 bits per heavy atom. The predicted octanol–water partition coefficient (Wildman–Crippen LogP) is -0.00710. The Morgan fingerprint density at radius 1 is 0.939 bits per heavy atom. The summed E-state index contributed by atoms with van der Waals surface area (Å²) in [6, 6.07) is 0. The van der Waals surface area contributed by atoms with Gasteiger partial charge in [-0.1, -0.05) is 0 Å². The first kappa shape index (κ1) is 27.4. The highest BCUT2D eigenvalue weighted by Crippen LogP contribution is 2.52. The molecule has 0 spiro atoms. The van der Waals surface area contributed by atoms with E-state index in [9.17, 15) is 22.8 Å². The average molecular weight is 489 g/mol. The fourth-order valence-corrected chi connectivity index (χ4v) is 3.75. The van der Waals surface area contributed by atoms with Crippen molar-refractivity contribution in [3.05, 3.63) is 0 Å². The van der Waals surface area contributed by atoms with Gasteiger partial charge in [0, 0.05) is 42.3 Å². The summed E-state index contributed by atoms with van der Waals surface area (Å²) in [6.07, 6.45) is -6.63. The lowest BCUT2D eigenvalue weighted by molar-refractivity contribution is -0.340. The molecule has 2 bridgehead atoms. The first-order chi connectivity index (χ1) is 15.2. The second-order valence-electron chi connectivity index (χ2n) is 7.48. The SMILES string of the molecule is COC(C)(OC)OC.COC1(C)OC2C3O[C@@H](C4C(=O)NC(=O)C34)[C@H]2O1.O=C(O)C(F)(F)F. The smallest absolute Gasteiger partial charge is 0.475 e. The summed E-state index contributed by atoms with van der Waals surface area (Å²) in [5.41, 5.74) is 0. The third-order valence-corrected chi connectivity index (χ3v) is 5.66. The van der Waals surface area contributed by atoms with Crippen LogP contribution >= 0.6 is 0 Å². The number of fused-ring (bicyclic) bond motifs is 8. The largest absolute Gasteiger partial charge is 0.490 e. The van der Waals surface area contributed by atoms with Gasteiger partial charge in [-0.2, -0.15) is 13.2 Å². The van der Waals surface area contributed by atoms with E-state index in [1.54, 1.807) is 13.8 Å². The zero-order valence-electron chi connectivity index (χ0n) is 18.6. The van der Waals surface area contributed by atoms with Gasteiger partial charge in [0.1, 0.15) is 12.2 Å². The molecule has 0 aliphatic carbocycles. The predicted molar refractivity (Wildman–Crippen MR) is 97.1 cm³/mol. The van der Waals surface area contributed by atoms with E-state index in [0.29, 0.717) is 0 Å². The minimum absolute atomic E-state index is 0.273. The number of methoxy groups -OCH3 is 4. The molecule has 0 aromatic heterocycles. The number of rotatable bonds is 4. The molecule has 4 rings (SSSR count). The van der Waals surface area contributed by atoms with E-state index in [4.69, 9.17) is 43.1 Å². The van der Waals surface area contributed by atoms with E-state index in [-0.39, 0.29) is 24.0 Å². The Kier molecular flexibility index (Phi) is 8.10. The van der Waals surface area contributed by atoms with E-state index < -0.39 is 48.1 Å². The van der Waals surface area contributed by atoms with Gasteiger partial charge in [-0.25, -0.2) is 4.79 Å². The molecule has 12 nitrogen and oxygen atoms in total. The Balaban J connectivity index is 0.000000217. The molecule has 0 saturated carbocycles. The van der Waals surface area contributed by atoms with Crippen LogP contribution < -0.4 is 5.32 Å². The van der Waals surface area contributed by atoms with Crippen molar-refractivity contribution in [1.29, 1.82) is 0 Å². The number of hydrogen-bond donors (Lipinski definition) is 2. The number of amides is 2. The summed E-state index contributed by atoms with van der Waals surface area (Å²) >= 11 is 0. The number of imide groups is 1. The van der Waals surface area contributed by atoms with Crippen LogP contribution in [0.5, 0.6) is 0 Å². The first-order valence-corrected chi connectivity index (χ1v) is 9.53. The lowest BCUT2D eigenvalue weighted by Crippen LogP contribution is -2.46. The maximum atomic E-state index is 11.7. The number of carboxylic acids is 1. The van der Waals surface area contributed by atoms with Crippen LogP contribution in [0.3, 0.4) is 0 Å². The highest BCUT2D eigenvalue weighted by molar-refractivity contribution is 6.06. The normalized spacial score (nSPS) is 36.3. The molecule has 2 amide bonds. The molecular weight excluding hydrogens is 463 g/mol. The number of carboxylic acid groups (broad SMARTS) is 1. The Hall–Kier alpha value is -1.88. The van der Waals surface area contributed by atoms with Gasteiger partial charge < -0.3 is 38.3 Å².